The number of Topliss-reactive ketones (excluding diaryl/α,β-unsaturated/α-hetero) is 1. The van der Waals surface area contributed by atoms with E-state index in [1.807, 2.05) is 38.1 Å². The van der Waals surface area contributed by atoms with Gasteiger partial charge in [0.2, 0.25) is 11.9 Å². The standard InChI is InChI=1S/C18H21N7OS/c1-3-19-15-21-16(20-4-2)25-17(22-15)23-24-18(25)27-13-10-9-11-7-5-6-8-12(11)14(13)26/h5-8,13H,3-4,9-10H2,1-2H3,(H2,19,20,21,22,23)/t13-/m0/s1. The van der Waals surface area contributed by atoms with Gasteiger partial charge in [0.1, 0.15) is 0 Å². The van der Waals surface area contributed by atoms with Crippen LogP contribution >= 0.6 is 11.8 Å². The van der Waals surface area contributed by atoms with Crippen molar-refractivity contribution in [2.24, 2.45) is 0 Å². The van der Waals surface area contributed by atoms with Gasteiger partial charge in [-0.25, -0.2) is 4.40 Å². The van der Waals surface area contributed by atoms with Gasteiger partial charge in [0.05, 0.1) is 5.25 Å². The molecule has 1 aliphatic carbocycles. The Bertz CT molecular complexity index is 987. The lowest BCUT2D eigenvalue weighted by Gasteiger charge is -2.22. The van der Waals surface area contributed by atoms with Gasteiger partial charge in [-0.15, -0.1) is 10.2 Å². The number of benzene rings is 1. The van der Waals surface area contributed by atoms with E-state index in [0.717, 1.165) is 24.0 Å². The lowest BCUT2D eigenvalue weighted by molar-refractivity contribution is 0.0979. The molecular formula is C18H21N7OS. The van der Waals surface area contributed by atoms with E-state index in [0.29, 0.717) is 35.9 Å². The molecule has 2 aromatic heterocycles. The van der Waals surface area contributed by atoms with Crippen LogP contribution in [0.3, 0.4) is 0 Å². The first-order chi connectivity index (χ1) is 13.2. The number of nitrogens with one attached hydrogen (secondary N) is 2. The third kappa shape index (κ3) is 3.34. The fraction of sp³-hybridized carbons (Fsp3) is 0.389. The molecule has 0 unspecified atom stereocenters. The number of hydrogen-bond donors (Lipinski definition) is 2. The van der Waals surface area contributed by atoms with Gasteiger partial charge in [0.25, 0.3) is 5.78 Å². The molecule has 0 spiro atoms. The molecule has 2 N–H and O–H groups in total. The van der Waals surface area contributed by atoms with Crippen molar-refractivity contribution in [3.05, 3.63) is 35.4 Å². The maximum Gasteiger partial charge on any atom is 0.261 e. The average molecular weight is 383 g/mol. The molecule has 1 atom stereocenters. The number of carbonyl (C=O) groups excluding carboxylic acids is 1. The third-order valence-electron chi connectivity index (χ3n) is 4.41. The van der Waals surface area contributed by atoms with E-state index in [-0.39, 0.29) is 11.0 Å². The van der Waals surface area contributed by atoms with Crippen molar-refractivity contribution in [3.63, 3.8) is 0 Å². The highest BCUT2D eigenvalue weighted by Crippen LogP contribution is 2.33. The summed E-state index contributed by atoms with van der Waals surface area (Å²) in [4.78, 5) is 21.8. The van der Waals surface area contributed by atoms with Gasteiger partial charge < -0.3 is 10.6 Å². The van der Waals surface area contributed by atoms with Gasteiger partial charge in [-0.2, -0.15) is 9.97 Å². The van der Waals surface area contributed by atoms with Crippen molar-refractivity contribution in [1.29, 1.82) is 0 Å². The Balaban J connectivity index is 1.67. The third-order valence-corrected chi connectivity index (χ3v) is 5.62. The second kappa shape index (κ2) is 7.51. The van der Waals surface area contributed by atoms with E-state index in [4.69, 9.17) is 0 Å². The minimum atomic E-state index is -0.185. The highest BCUT2D eigenvalue weighted by Gasteiger charge is 2.30. The molecule has 0 radical (unpaired) electrons. The maximum absolute atomic E-state index is 12.9. The molecule has 0 fully saturated rings. The van der Waals surface area contributed by atoms with Crippen molar-refractivity contribution >= 4 is 35.2 Å². The minimum absolute atomic E-state index is 0.147. The summed E-state index contributed by atoms with van der Waals surface area (Å²) in [6.07, 6.45) is 1.67. The molecule has 0 aliphatic heterocycles. The number of aryl methyl sites for hydroxylation is 1. The number of anilines is 2. The van der Waals surface area contributed by atoms with Crippen molar-refractivity contribution in [1.82, 2.24) is 24.6 Å². The first-order valence-electron chi connectivity index (χ1n) is 9.11. The molecule has 140 valence electrons. The first kappa shape index (κ1) is 17.7. The van der Waals surface area contributed by atoms with Crippen molar-refractivity contribution in [2.75, 3.05) is 23.7 Å². The summed E-state index contributed by atoms with van der Waals surface area (Å²) in [5.41, 5.74) is 1.94. The van der Waals surface area contributed by atoms with Crippen LogP contribution in [-0.2, 0) is 6.42 Å². The zero-order valence-corrected chi connectivity index (χ0v) is 16.1. The monoisotopic (exact) mass is 383 g/mol. The average Bonchev–Trinajstić information content (AvgIpc) is 3.08. The number of ketones is 1. The summed E-state index contributed by atoms with van der Waals surface area (Å²) in [5, 5.41) is 15.2. The van der Waals surface area contributed by atoms with Crippen LogP contribution in [0.5, 0.6) is 0 Å². The number of nitrogens with zero attached hydrogens (tertiary/aromatic N) is 5. The van der Waals surface area contributed by atoms with Gasteiger partial charge in [0, 0.05) is 18.7 Å². The number of carbonyl (C=O) groups is 1. The molecular weight excluding hydrogens is 362 g/mol. The topological polar surface area (TPSA) is 97.1 Å². The van der Waals surface area contributed by atoms with Crippen LogP contribution in [-0.4, -0.2) is 48.7 Å². The molecule has 3 aromatic rings. The first-order valence-corrected chi connectivity index (χ1v) is 9.99. The molecule has 8 nitrogen and oxygen atoms in total. The van der Waals surface area contributed by atoms with E-state index in [2.05, 4.69) is 30.8 Å². The number of aromatic nitrogens is 5. The Morgan fingerprint density at radius 2 is 1.96 bits per heavy atom. The predicted octanol–water partition coefficient (Wildman–Crippen LogP) is 2.67. The zero-order chi connectivity index (χ0) is 18.8. The molecule has 4 rings (SSSR count). The summed E-state index contributed by atoms with van der Waals surface area (Å²) in [5.74, 6) is 1.74. The van der Waals surface area contributed by atoms with E-state index < -0.39 is 0 Å². The second-order valence-electron chi connectivity index (χ2n) is 6.22. The summed E-state index contributed by atoms with van der Waals surface area (Å²) in [6, 6.07) is 7.82. The summed E-state index contributed by atoms with van der Waals surface area (Å²) < 4.78 is 1.78. The van der Waals surface area contributed by atoms with E-state index in [1.54, 1.807) is 4.40 Å². The van der Waals surface area contributed by atoms with Crippen LogP contribution in [0.1, 0.15) is 36.2 Å². The molecule has 27 heavy (non-hydrogen) atoms. The summed E-state index contributed by atoms with van der Waals surface area (Å²) >= 11 is 1.43. The van der Waals surface area contributed by atoms with Crippen LogP contribution in [0.2, 0.25) is 0 Å². The van der Waals surface area contributed by atoms with Crippen LogP contribution in [0, 0.1) is 0 Å². The van der Waals surface area contributed by atoms with Crippen molar-refractivity contribution in [2.45, 2.75) is 37.1 Å². The fourth-order valence-corrected chi connectivity index (χ4v) is 4.28. The number of fused-ring (bicyclic) bond motifs is 2. The van der Waals surface area contributed by atoms with Gasteiger partial charge in [0.15, 0.2) is 10.9 Å². The lowest BCUT2D eigenvalue weighted by atomic mass is 9.90. The number of thioether (sulfide) groups is 1. The Morgan fingerprint density at radius 3 is 2.78 bits per heavy atom. The molecule has 0 amide bonds. The van der Waals surface area contributed by atoms with Crippen LogP contribution in [0.25, 0.3) is 5.78 Å². The highest BCUT2D eigenvalue weighted by molar-refractivity contribution is 8.00. The SMILES string of the molecule is CCNc1nc(NCC)n2c(S[C@H]3CCc4ccccc4C3=O)nnc2n1. The fourth-order valence-electron chi connectivity index (χ4n) is 3.19. The van der Waals surface area contributed by atoms with E-state index >= 15 is 0 Å². The van der Waals surface area contributed by atoms with Crippen molar-refractivity contribution < 1.29 is 4.79 Å². The predicted molar refractivity (Wildman–Crippen MR) is 106 cm³/mol. The molecule has 1 aliphatic rings. The lowest BCUT2D eigenvalue weighted by Crippen LogP contribution is -2.25. The largest absolute Gasteiger partial charge is 0.355 e. The Labute approximate surface area is 161 Å². The van der Waals surface area contributed by atoms with Gasteiger partial charge in [-0.3, -0.25) is 4.79 Å². The van der Waals surface area contributed by atoms with E-state index in [1.165, 1.54) is 11.8 Å². The summed E-state index contributed by atoms with van der Waals surface area (Å²) in [6.45, 7) is 5.40. The second-order valence-corrected chi connectivity index (χ2v) is 7.39. The van der Waals surface area contributed by atoms with Gasteiger partial charge in [-0.05, 0) is 32.3 Å². The Hall–Kier alpha value is -2.68. The Morgan fingerprint density at radius 1 is 1.15 bits per heavy atom. The van der Waals surface area contributed by atoms with E-state index in [9.17, 15) is 4.79 Å². The molecule has 0 bridgehead atoms. The zero-order valence-electron chi connectivity index (χ0n) is 15.3. The van der Waals surface area contributed by atoms with Crippen molar-refractivity contribution in [3.8, 4) is 0 Å². The summed E-state index contributed by atoms with van der Waals surface area (Å²) in [7, 11) is 0. The highest BCUT2D eigenvalue weighted by atomic mass is 32.2. The van der Waals surface area contributed by atoms with Crippen LogP contribution in [0.15, 0.2) is 29.4 Å². The number of hydrogen-bond acceptors (Lipinski definition) is 8. The molecule has 9 heteroatoms. The van der Waals surface area contributed by atoms with Crippen LogP contribution < -0.4 is 10.6 Å². The smallest absolute Gasteiger partial charge is 0.261 e. The molecule has 0 saturated carbocycles. The minimum Gasteiger partial charge on any atom is -0.355 e. The van der Waals surface area contributed by atoms with Crippen LogP contribution in [0.4, 0.5) is 11.9 Å². The van der Waals surface area contributed by atoms with Gasteiger partial charge >= 0.3 is 0 Å². The quantitative estimate of drug-likeness (QED) is 0.671. The Kier molecular flexibility index (Phi) is 4.93. The molecule has 0 saturated heterocycles. The maximum atomic E-state index is 12.9. The normalized spacial score (nSPS) is 16.4. The molecule has 1 aromatic carbocycles. The molecule has 2 heterocycles. The number of rotatable bonds is 6. The van der Waals surface area contributed by atoms with Gasteiger partial charge in [-0.1, -0.05) is 36.0 Å².